The number of primary sulfonamides is 1. The monoisotopic (exact) mass is 573 g/mol. The maximum absolute atomic E-state index is 13.4. The summed E-state index contributed by atoms with van der Waals surface area (Å²) in [7, 11) is -3.79. The number of piperazine rings is 1. The Hall–Kier alpha value is -3.90. The lowest BCUT2D eigenvalue weighted by Crippen LogP contribution is -2.48. The predicted octanol–water partition coefficient (Wildman–Crippen LogP) is 2.31. The number of amides is 1. The molecule has 3 aromatic carbocycles. The molecule has 2 heterocycles. The Morgan fingerprint density at radius 1 is 0.854 bits per heavy atom. The summed E-state index contributed by atoms with van der Waals surface area (Å²) in [6.45, 7) is 6.21. The van der Waals surface area contributed by atoms with Gasteiger partial charge in [0, 0.05) is 57.8 Å². The summed E-state index contributed by atoms with van der Waals surface area (Å²) in [6.07, 6.45) is 2.17. The topological polar surface area (TPSA) is 126 Å². The van der Waals surface area contributed by atoms with Crippen LogP contribution in [0.25, 0.3) is 11.3 Å². The van der Waals surface area contributed by atoms with Crippen LogP contribution in [0.5, 0.6) is 0 Å². The Morgan fingerprint density at radius 2 is 1.46 bits per heavy atom. The fourth-order valence-electron chi connectivity index (χ4n) is 4.99. The molecular weight excluding hydrogens is 538 g/mol. The number of carbonyl (C=O) groups is 1. The molecule has 0 saturated carbocycles. The summed E-state index contributed by atoms with van der Waals surface area (Å²) in [5, 5.41) is 16.8. The smallest absolute Gasteiger partial charge is 0.245 e. The molecule has 0 spiro atoms. The van der Waals surface area contributed by atoms with Crippen molar-refractivity contribution in [3.63, 3.8) is 0 Å². The van der Waals surface area contributed by atoms with Gasteiger partial charge in [0.2, 0.25) is 15.9 Å². The molecule has 1 amide bonds. The Morgan fingerprint density at radius 3 is 2.10 bits per heavy atom. The molecule has 0 aliphatic carbocycles. The third-order valence-corrected chi connectivity index (χ3v) is 8.25. The first-order chi connectivity index (χ1) is 19.8. The van der Waals surface area contributed by atoms with Gasteiger partial charge in [0.1, 0.15) is 11.7 Å². The number of carbonyl (C=O) groups excluding carboxylic acids is 1. The standard InChI is InChI=1S/C30H35N7O3S/c31-41(39,40)27-13-11-26(12-14-27)28-23-37(34-33-28)29(21-24-7-3-1-4-8-24)30(38)32-15-16-35-17-19-36(20-18-35)22-25-9-5-2-6-10-25/h1-14,23,29H,15-22H2,(H,32,38)(H2,31,39,40). The molecule has 4 aromatic rings. The van der Waals surface area contributed by atoms with Gasteiger partial charge >= 0.3 is 0 Å². The Bertz CT molecular complexity index is 1520. The summed E-state index contributed by atoms with van der Waals surface area (Å²) < 4.78 is 24.8. The van der Waals surface area contributed by atoms with Crippen molar-refractivity contribution in [1.29, 1.82) is 0 Å². The number of hydrogen-bond acceptors (Lipinski definition) is 7. The third kappa shape index (κ3) is 7.86. The maximum Gasteiger partial charge on any atom is 0.245 e. The maximum atomic E-state index is 13.4. The zero-order valence-electron chi connectivity index (χ0n) is 22.8. The zero-order valence-corrected chi connectivity index (χ0v) is 23.7. The molecule has 1 aromatic heterocycles. The lowest BCUT2D eigenvalue weighted by molar-refractivity contribution is -0.124. The van der Waals surface area contributed by atoms with Crippen LogP contribution in [0.2, 0.25) is 0 Å². The molecule has 5 rings (SSSR count). The molecule has 1 aliphatic rings. The van der Waals surface area contributed by atoms with E-state index >= 15 is 0 Å². The lowest BCUT2D eigenvalue weighted by atomic mass is 10.1. The molecule has 3 N–H and O–H groups in total. The van der Waals surface area contributed by atoms with Gasteiger partial charge in [0.25, 0.3) is 0 Å². The summed E-state index contributed by atoms with van der Waals surface area (Å²) in [5.74, 6) is -0.127. The predicted molar refractivity (Wildman–Crippen MR) is 157 cm³/mol. The first-order valence-corrected chi connectivity index (χ1v) is 15.2. The van der Waals surface area contributed by atoms with E-state index < -0.39 is 16.1 Å². The molecule has 0 bridgehead atoms. The van der Waals surface area contributed by atoms with Crippen LogP contribution in [0.4, 0.5) is 0 Å². The highest BCUT2D eigenvalue weighted by molar-refractivity contribution is 7.89. The van der Waals surface area contributed by atoms with Gasteiger partial charge in [0.05, 0.1) is 11.1 Å². The van der Waals surface area contributed by atoms with Crippen molar-refractivity contribution < 1.29 is 13.2 Å². The Labute approximate surface area is 240 Å². The minimum absolute atomic E-state index is 0.0209. The highest BCUT2D eigenvalue weighted by Crippen LogP contribution is 2.21. The van der Waals surface area contributed by atoms with E-state index in [1.807, 2.05) is 36.4 Å². The van der Waals surface area contributed by atoms with Gasteiger partial charge < -0.3 is 5.32 Å². The Balaban J connectivity index is 1.19. The molecule has 11 heteroatoms. The number of nitrogens with one attached hydrogen (secondary N) is 1. The number of nitrogens with two attached hydrogens (primary N) is 1. The van der Waals surface area contributed by atoms with Crippen molar-refractivity contribution in [3.05, 3.63) is 102 Å². The largest absolute Gasteiger partial charge is 0.353 e. The van der Waals surface area contributed by atoms with Gasteiger partial charge in [-0.1, -0.05) is 78.0 Å². The van der Waals surface area contributed by atoms with E-state index in [4.69, 9.17) is 5.14 Å². The summed E-state index contributed by atoms with van der Waals surface area (Å²) in [5.41, 5.74) is 3.55. The molecule has 214 valence electrons. The van der Waals surface area contributed by atoms with Crippen molar-refractivity contribution in [3.8, 4) is 11.3 Å². The van der Waals surface area contributed by atoms with Crippen molar-refractivity contribution in [2.75, 3.05) is 39.3 Å². The SMILES string of the molecule is NS(=O)(=O)c1ccc(-c2cn(C(Cc3ccccc3)C(=O)NCCN3CCN(Cc4ccccc4)CC3)nn2)cc1. The molecule has 1 saturated heterocycles. The van der Waals surface area contributed by atoms with Gasteiger partial charge in [-0.15, -0.1) is 5.10 Å². The molecule has 41 heavy (non-hydrogen) atoms. The number of aromatic nitrogens is 3. The number of sulfonamides is 1. The van der Waals surface area contributed by atoms with E-state index in [9.17, 15) is 13.2 Å². The second-order valence-electron chi connectivity index (χ2n) is 10.3. The van der Waals surface area contributed by atoms with Crippen molar-refractivity contribution in [2.24, 2.45) is 5.14 Å². The molecular formula is C30H35N7O3S. The minimum atomic E-state index is -3.79. The second-order valence-corrected chi connectivity index (χ2v) is 11.8. The highest BCUT2D eigenvalue weighted by atomic mass is 32.2. The fourth-order valence-corrected chi connectivity index (χ4v) is 5.50. The highest BCUT2D eigenvalue weighted by Gasteiger charge is 2.24. The zero-order chi connectivity index (χ0) is 28.7. The van der Waals surface area contributed by atoms with Crippen molar-refractivity contribution in [2.45, 2.75) is 23.9 Å². The number of nitrogens with zero attached hydrogens (tertiary/aromatic N) is 5. The van der Waals surface area contributed by atoms with Crippen LogP contribution >= 0.6 is 0 Å². The van der Waals surface area contributed by atoms with Crippen LogP contribution in [0.3, 0.4) is 0 Å². The second kappa shape index (κ2) is 13.2. The normalized spacial score (nSPS) is 15.4. The van der Waals surface area contributed by atoms with Gasteiger partial charge in [-0.05, 0) is 23.3 Å². The van der Waals surface area contributed by atoms with Gasteiger partial charge in [-0.2, -0.15) is 0 Å². The first kappa shape index (κ1) is 28.6. The quantitative estimate of drug-likeness (QED) is 0.282. The van der Waals surface area contributed by atoms with Gasteiger partial charge in [-0.3, -0.25) is 14.6 Å². The molecule has 0 radical (unpaired) electrons. The van der Waals surface area contributed by atoms with E-state index in [1.165, 1.54) is 17.7 Å². The van der Waals surface area contributed by atoms with E-state index in [2.05, 4.69) is 49.7 Å². The molecule has 1 unspecified atom stereocenters. The molecule has 1 atom stereocenters. The summed E-state index contributed by atoms with van der Waals surface area (Å²) >= 11 is 0. The average Bonchev–Trinajstić information content (AvgIpc) is 3.47. The lowest BCUT2D eigenvalue weighted by Gasteiger charge is -2.34. The minimum Gasteiger partial charge on any atom is -0.353 e. The number of rotatable bonds is 11. The molecule has 1 fully saturated rings. The number of hydrogen-bond donors (Lipinski definition) is 2. The summed E-state index contributed by atoms with van der Waals surface area (Å²) in [4.78, 5) is 18.3. The van der Waals surface area contributed by atoms with E-state index in [0.29, 0.717) is 24.2 Å². The van der Waals surface area contributed by atoms with E-state index in [-0.39, 0.29) is 10.8 Å². The third-order valence-electron chi connectivity index (χ3n) is 7.32. The first-order valence-electron chi connectivity index (χ1n) is 13.7. The summed E-state index contributed by atoms with van der Waals surface area (Å²) in [6, 6.07) is 25.8. The molecule has 1 aliphatic heterocycles. The Kier molecular flexibility index (Phi) is 9.20. The number of benzene rings is 3. The molecule has 10 nitrogen and oxygen atoms in total. The van der Waals surface area contributed by atoms with Crippen molar-refractivity contribution >= 4 is 15.9 Å². The van der Waals surface area contributed by atoms with E-state index in [0.717, 1.165) is 44.8 Å². The van der Waals surface area contributed by atoms with Crippen LogP contribution in [0, 0.1) is 0 Å². The van der Waals surface area contributed by atoms with Crippen molar-refractivity contribution in [1.82, 2.24) is 30.1 Å². The van der Waals surface area contributed by atoms with Crippen LogP contribution in [-0.4, -0.2) is 78.4 Å². The van der Waals surface area contributed by atoms with Crippen LogP contribution in [-0.2, 0) is 27.8 Å². The van der Waals surface area contributed by atoms with E-state index in [1.54, 1.807) is 23.0 Å². The van der Waals surface area contributed by atoms with Gasteiger partial charge in [-0.25, -0.2) is 18.2 Å². The van der Waals surface area contributed by atoms with Crippen LogP contribution in [0.1, 0.15) is 17.2 Å². The van der Waals surface area contributed by atoms with Gasteiger partial charge in [0.15, 0.2) is 0 Å². The average molecular weight is 574 g/mol. The fraction of sp³-hybridized carbons (Fsp3) is 0.300. The van der Waals surface area contributed by atoms with Crippen LogP contribution < -0.4 is 10.5 Å². The van der Waals surface area contributed by atoms with Crippen LogP contribution in [0.15, 0.2) is 96.0 Å².